The molecule has 0 aromatic rings. The average Bonchev–Trinajstić information content (AvgIpc) is 2.53. The fraction of sp³-hybridized carbons (Fsp3) is 0.917. The summed E-state index contributed by atoms with van der Waals surface area (Å²) in [6, 6.07) is 0.0680. The van der Waals surface area contributed by atoms with Crippen LogP contribution >= 0.6 is 0 Å². The molecule has 0 bridgehead atoms. The molecule has 88 valence electrons. The van der Waals surface area contributed by atoms with Crippen molar-refractivity contribution in [1.82, 2.24) is 10.2 Å². The van der Waals surface area contributed by atoms with Gasteiger partial charge in [-0.25, -0.2) is 0 Å². The SMILES string of the molecule is CCCCN1C(=O)C(CC)NC1CCC. The number of nitrogens with zero attached hydrogens (tertiary/aromatic N) is 1. The highest BCUT2D eigenvalue weighted by Crippen LogP contribution is 2.17. The zero-order valence-electron chi connectivity index (χ0n) is 10.3. The van der Waals surface area contributed by atoms with E-state index in [1.54, 1.807) is 0 Å². The lowest BCUT2D eigenvalue weighted by atomic mass is 10.2. The quantitative estimate of drug-likeness (QED) is 0.731. The Morgan fingerprint density at radius 1 is 1.27 bits per heavy atom. The van der Waals surface area contributed by atoms with Crippen LogP contribution in [-0.4, -0.2) is 29.6 Å². The van der Waals surface area contributed by atoms with Crippen molar-refractivity contribution in [3.63, 3.8) is 0 Å². The molecule has 1 heterocycles. The van der Waals surface area contributed by atoms with Gasteiger partial charge >= 0.3 is 0 Å². The Balaban J connectivity index is 2.57. The summed E-state index contributed by atoms with van der Waals surface area (Å²) in [4.78, 5) is 14.0. The van der Waals surface area contributed by atoms with Crippen LogP contribution in [0.2, 0.25) is 0 Å². The first-order valence-electron chi connectivity index (χ1n) is 6.31. The monoisotopic (exact) mass is 212 g/mol. The highest BCUT2D eigenvalue weighted by Gasteiger charge is 2.36. The second-order valence-electron chi connectivity index (χ2n) is 4.32. The van der Waals surface area contributed by atoms with Crippen molar-refractivity contribution in [1.29, 1.82) is 0 Å². The Kier molecular flexibility index (Phi) is 5.09. The summed E-state index contributed by atoms with van der Waals surface area (Å²) in [5.41, 5.74) is 0. The summed E-state index contributed by atoms with van der Waals surface area (Å²) in [6.45, 7) is 7.33. The normalized spacial score (nSPS) is 26.3. The van der Waals surface area contributed by atoms with Crippen LogP contribution in [0.3, 0.4) is 0 Å². The van der Waals surface area contributed by atoms with Crippen molar-refractivity contribution < 1.29 is 4.79 Å². The number of rotatable bonds is 6. The van der Waals surface area contributed by atoms with E-state index in [1.807, 2.05) is 4.90 Å². The van der Waals surface area contributed by atoms with Crippen LogP contribution in [0.15, 0.2) is 0 Å². The van der Waals surface area contributed by atoms with Crippen LogP contribution in [0.4, 0.5) is 0 Å². The lowest BCUT2D eigenvalue weighted by Gasteiger charge is -2.23. The maximum Gasteiger partial charge on any atom is 0.241 e. The van der Waals surface area contributed by atoms with Gasteiger partial charge in [0.15, 0.2) is 0 Å². The number of hydrogen-bond acceptors (Lipinski definition) is 2. The van der Waals surface area contributed by atoms with Gasteiger partial charge in [0.1, 0.15) is 0 Å². The lowest BCUT2D eigenvalue weighted by molar-refractivity contribution is -0.130. The van der Waals surface area contributed by atoms with Gasteiger partial charge in [-0.15, -0.1) is 0 Å². The van der Waals surface area contributed by atoms with Crippen molar-refractivity contribution in [2.24, 2.45) is 0 Å². The molecule has 1 fully saturated rings. The molecule has 1 saturated heterocycles. The first-order chi connectivity index (χ1) is 7.24. The molecule has 1 aliphatic heterocycles. The van der Waals surface area contributed by atoms with Gasteiger partial charge in [-0.3, -0.25) is 10.1 Å². The minimum absolute atomic E-state index is 0.0680. The number of unbranched alkanes of at least 4 members (excludes halogenated alkanes) is 1. The number of nitrogens with one attached hydrogen (secondary N) is 1. The third-order valence-electron chi connectivity index (χ3n) is 3.07. The van der Waals surface area contributed by atoms with Crippen LogP contribution in [0.25, 0.3) is 0 Å². The van der Waals surface area contributed by atoms with Crippen LogP contribution in [-0.2, 0) is 4.79 Å². The van der Waals surface area contributed by atoms with E-state index in [-0.39, 0.29) is 6.04 Å². The summed E-state index contributed by atoms with van der Waals surface area (Å²) < 4.78 is 0. The molecule has 1 aliphatic rings. The summed E-state index contributed by atoms with van der Waals surface area (Å²) in [6.07, 6.45) is 5.67. The van der Waals surface area contributed by atoms with E-state index in [2.05, 4.69) is 26.1 Å². The minimum Gasteiger partial charge on any atom is -0.326 e. The van der Waals surface area contributed by atoms with E-state index in [9.17, 15) is 4.79 Å². The number of amides is 1. The van der Waals surface area contributed by atoms with Crippen molar-refractivity contribution in [3.8, 4) is 0 Å². The minimum atomic E-state index is 0.0680. The molecule has 0 aromatic heterocycles. The molecule has 2 unspecified atom stereocenters. The Morgan fingerprint density at radius 2 is 2.00 bits per heavy atom. The van der Waals surface area contributed by atoms with E-state index in [1.165, 1.54) is 0 Å². The van der Waals surface area contributed by atoms with Gasteiger partial charge in [0, 0.05) is 6.54 Å². The Bertz CT molecular complexity index is 206. The Labute approximate surface area is 93.2 Å². The molecular weight excluding hydrogens is 188 g/mol. The summed E-state index contributed by atoms with van der Waals surface area (Å²) in [7, 11) is 0. The second-order valence-corrected chi connectivity index (χ2v) is 4.32. The first kappa shape index (κ1) is 12.5. The molecule has 1 amide bonds. The average molecular weight is 212 g/mol. The lowest BCUT2D eigenvalue weighted by Crippen LogP contribution is -2.37. The Hall–Kier alpha value is -0.570. The molecule has 0 saturated carbocycles. The summed E-state index contributed by atoms with van der Waals surface area (Å²) >= 11 is 0. The number of carbonyl (C=O) groups is 1. The smallest absolute Gasteiger partial charge is 0.241 e. The fourth-order valence-corrected chi connectivity index (χ4v) is 2.15. The first-order valence-corrected chi connectivity index (χ1v) is 6.31. The van der Waals surface area contributed by atoms with E-state index in [4.69, 9.17) is 0 Å². The molecule has 1 N–H and O–H groups in total. The van der Waals surface area contributed by atoms with Crippen molar-refractivity contribution in [2.75, 3.05) is 6.54 Å². The number of carbonyl (C=O) groups excluding carboxylic acids is 1. The van der Waals surface area contributed by atoms with Gasteiger partial charge < -0.3 is 4.90 Å². The van der Waals surface area contributed by atoms with E-state index < -0.39 is 0 Å². The van der Waals surface area contributed by atoms with Crippen LogP contribution in [0.5, 0.6) is 0 Å². The molecule has 0 aromatic carbocycles. The van der Waals surface area contributed by atoms with Gasteiger partial charge in [0.05, 0.1) is 12.2 Å². The second kappa shape index (κ2) is 6.11. The third-order valence-corrected chi connectivity index (χ3v) is 3.07. The van der Waals surface area contributed by atoms with Crippen molar-refractivity contribution in [2.45, 2.75) is 65.1 Å². The molecule has 2 atom stereocenters. The zero-order chi connectivity index (χ0) is 11.3. The van der Waals surface area contributed by atoms with E-state index >= 15 is 0 Å². The topological polar surface area (TPSA) is 32.3 Å². The third kappa shape index (κ3) is 2.94. The molecule has 1 rings (SSSR count). The predicted octanol–water partition coefficient (Wildman–Crippen LogP) is 2.12. The molecule has 0 spiro atoms. The highest BCUT2D eigenvalue weighted by atomic mass is 16.2. The molecular formula is C12H24N2O. The van der Waals surface area contributed by atoms with Crippen LogP contribution in [0, 0.1) is 0 Å². The molecule has 0 radical (unpaired) electrons. The van der Waals surface area contributed by atoms with Crippen molar-refractivity contribution >= 4 is 5.91 Å². The maximum atomic E-state index is 12.0. The van der Waals surface area contributed by atoms with Gasteiger partial charge in [0.2, 0.25) is 5.91 Å². The van der Waals surface area contributed by atoms with Crippen LogP contribution < -0.4 is 5.32 Å². The predicted molar refractivity (Wildman–Crippen MR) is 62.5 cm³/mol. The van der Waals surface area contributed by atoms with Gasteiger partial charge in [-0.2, -0.15) is 0 Å². The standard InChI is InChI=1S/C12H24N2O/c1-4-7-9-14-11(8-5-2)13-10(6-3)12(14)15/h10-11,13H,4-9H2,1-3H3. The number of hydrogen-bond donors (Lipinski definition) is 1. The molecule has 3 nitrogen and oxygen atoms in total. The molecule has 0 aliphatic carbocycles. The summed E-state index contributed by atoms with van der Waals surface area (Å²) in [5, 5.41) is 3.43. The molecule has 15 heavy (non-hydrogen) atoms. The summed E-state index contributed by atoms with van der Waals surface area (Å²) in [5.74, 6) is 0.310. The Morgan fingerprint density at radius 3 is 2.53 bits per heavy atom. The highest BCUT2D eigenvalue weighted by molar-refractivity contribution is 5.84. The van der Waals surface area contributed by atoms with Crippen LogP contribution in [0.1, 0.15) is 52.9 Å². The molecule has 3 heteroatoms. The maximum absolute atomic E-state index is 12.0. The van der Waals surface area contributed by atoms with Gasteiger partial charge in [0.25, 0.3) is 0 Å². The fourth-order valence-electron chi connectivity index (χ4n) is 2.15. The van der Waals surface area contributed by atoms with Crippen molar-refractivity contribution in [3.05, 3.63) is 0 Å². The van der Waals surface area contributed by atoms with E-state index in [0.29, 0.717) is 12.1 Å². The van der Waals surface area contributed by atoms with E-state index in [0.717, 1.165) is 38.6 Å². The zero-order valence-corrected chi connectivity index (χ0v) is 10.3. The van der Waals surface area contributed by atoms with Gasteiger partial charge in [-0.05, 0) is 19.3 Å². The largest absolute Gasteiger partial charge is 0.326 e. The van der Waals surface area contributed by atoms with Gasteiger partial charge in [-0.1, -0.05) is 33.6 Å².